The molecule has 2 aromatic carbocycles. The summed E-state index contributed by atoms with van der Waals surface area (Å²) in [6.45, 7) is 0.0911. The molecule has 1 heterocycles. The first kappa shape index (κ1) is 15.5. The van der Waals surface area contributed by atoms with Crippen LogP contribution in [0.5, 0.6) is 11.5 Å². The summed E-state index contributed by atoms with van der Waals surface area (Å²) in [4.78, 5) is 12.9. The van der Waals surface area contributed by atoms with Crippen molar-refractivity contribution >= 4 is 17.4 Å². The Labute approximate surface area is 149 Å². The third-order valence-electron chi connectivity index (χ3n) is 4.74. The van der Waals surface area contributed by atoms with Gasteiger partial charge in [0, 0.05) is 22.6 Å². The summed E-state index contributed by atoms with van der Waals surface area (Å²) in [5.74, 6) is -0.579. The number of ketones is 1. The van der Waals surface area contributed by atoms with E-state index < -0.39 is 17.3 Å². The van der Waals surface area contributed by atoms with Crippen LogP contribution in [0.15, 0.2) is 42.5 Å². The Morgan fingerprint density at radius 3 is 2.40 bits per heavy atom. The van der Waals surface area contributed by atoms with Crippen molar-refractivity contribution < 1.29 is 14.3 Å². The van der Waals surface area contributed by atoms with Crippen molar-refractivity contribution in [1.82, 2.24) is 0 Å². The van der Waals surface area contributed by atoms with Crippen LogP contribution >= 0.6 is 11.6 Å². The smallest absolute Gasteiger partial charge is 0.231 e. The van der Waals surface area contributed by atoms with Gasteiger partial charge >= 0.3 is 0 Å². The van der Waals surface area contributed by atoms with Gasteiger partial charge in [0.1, 0.15) is 0 Å². The fraction of sp³-hybridized carbons (Fsp3) is 0.211. The molecule has 0 radical (unpaired) electrons. The van der Waals surface area contributed by atoms with Gasteiger partial charge < -0.3 is 9.47 Å². The van der Waals surface area contributed by atoms with E-state index in [1.165, 1.54) is 0 Å². The molecule has 0 saturated heterocycles. The number of nitrogens with zero attached hydrogens (tertiary/aromatic N) is 2. The third kappa shape index (κ3) is 2.17. The Kier molecular flexibility index (Phi) is 3.42. The maximum atomic E-state index is 12.9. The van der Waals surface area contributed by atoms with Gasteiger partial charge in [0.2, 0.25) is 6.79 Å². The van der Waals surface area contributed by atoms with Crippen LogP contribution in [0.25, 0.3) is 0 Å². The number of carbonyl (C=O) groups is 1. The number of hydrogen-bond donors (Lipinski definition) is 0. The second-order valence-corrected chi connectivity index (χ2v) is 6.41. The zero-order chi connectivity index (χ0) is 17.6. The Bertz CT molecular complexity index is 945. The molecule has 0 aromatic heterocycles. The van der Waals surface area contributed by atoms with E-state index in [4.69, 9.17) is 21.1 Å². The van der Waals surface area contributed by atoms with Gasteiger partial charge in [0.15, 0.2) is 22.7 Å². The van der Waals surface area contributed by atoms with Gasteiger partial charge in [-0.15, -0.1) is 0 Å². The first-order valence-electron chi connectivity index (χ1n) is 7.63. The van der Waals surface area contributed by atoms with Gasteiger partial charge in [-0.05, 0) is 11.6 Å². The molecule has 1 aliphatic heterocycles. The highest BCUT2D eigenvalue weighted by atomic mass is 35.5. The first-order valence-corrected chi connectivity index (χ1v) is 8.01. The van der Waals surface area contributed by atoms with Crippen molar-refractivity contribution in [1.29, 1.82) is 10.5 Å². The molecular formula is C19H11ClN2O3. The molecular weight excluding hydrogens is 340 g/mol. The number of carbonyl (C=O) groups excluding carboxylic acids is 1. The van der Waals surface area contributed by atoms with E-state index in [0.717, 1.165) is 0 Å². The fourth-order valence-corrected chi connectivity index (χ4v) is 3.70. The zero-order valence-corrected chi connectivity index (χ0v) is 13.7. The fourth-order valence-electron chi connectivity index (χ4n) is 3.43. The quantitative estimate of drug-likeness (QED) is 0.788. The van der Waals surface area contributed by atoms with Gasteiger partial charge in [0.25, 0.3) is 0 Å². The SMILES string of the molecule is N#CC1(C#N)C(c2cc3c(cc2Cl)OCO3)[C@@H]1C(=O)c1ccccc1. The molecule has 25 heavy (non-hydrogen) atoms. The maximum Gasteiger partial charge on any atom is 0.231 e. The summed E-state index contributed by atoms with van der Waals surface area (Å²) in [6, 6.07) is 16.0. The lowest BCUT2D eigenvalue weighted by molar-refractivity contribution is 0.0958. The molecule has 4 rings (SSSR count). The summed E-state index contributed by atoms with van der Waals surface area (Å²) in [5, 5.41) is 19.6. The molecule has 0 N–H and O–H groups in total. The van der Waals surface area contributed by atoms with Crippen molar-refractivity contribution in [2.45, 2.75) is 5.92 Å². The van der Waals surface area contributed by atoms with E-state index in [1.807, 2.05) is 12.1 Å². The molecule has 122 valence electrons. The lowest BCUT2D eigenvalue weighted by atomic mass is 10.0. The van der Waals surface area contributed by atoms with Gasteiger partial charge in [-0.1, -0.05) is 41.9 Å². The summed E-state index contributed by atoms with van der Waals surface area (Å²) < 4.78 is 10.6. The standard InChI is InChI=1S/C19H11ClN2O3/c20-13-7-15-14(24-10-25-15)6-12(13)16-17(19(16,8-21)9-22)18(23)11-4-2-1-3-5-11/h1-7,16-17H,10H2/t16?,17-/m1/s1. The van der Waals surface area contributed by atoms with Crippen molar-refractivity contribution in [3.63, 3.8) is 0 Å². The van der Waals surface area contributed by atoms with Crippen LogP contribution in [0.3, 0.4) is 0 Å². The van der Waals surface area contributed by atoms with Crippen LogP contribution in [0.4, 0.5) is 0 Å². The Morgan fingerprint density at radius 2 is 1.76 bits per heavy atom. The van der Waals surface area contributed by atoms with Crippen LogP contribution in [-0.4, -0.2) is 12.6 Å². The van der Waals surface area contributed by atoms with Crippen LogP contribution in [0, 0.1) is 34.0 Å². The second-order valence-electron chi connectivity index (χ2n) is 6.01. The van der Waals surface area contributed by atoms with Gasteiger partial charge in [-0.3, -0.25) is 4.79 Å². The Balaban J connectivity index is 1.78. The van der Waals surface area contributed by atoms with E-state index in [9.17, 15) is 15.3 Å². The molecule has 2 aliphatic rings. The molecule has 1 saturated carbocycles. The molecule has 2 atom stereocenters. The minimum absolute atomic E-state index is 0.0911. The number of nitriles is 2. The largest absolute Gasteiger partial charge is 0.454 e. The van der Waals surface area contributed by atoms with Crippen LogP contribution in [0.1, 0.15) is 21.8 Å². The molecule has 1 aliphatic carbocycles. The maximum absolute atomic E-state index is 12.9. The summed E-state index contributed by atoms with van der Waals surface area (Å²) in [7, 11) is 0. The number of Topliss-reactive ketones (excluding diaryl/α,β-unsaturated/α-hetero) is 1. The number of halogens is 1. The summed E-state index contributed by atoms with van der Waals surface area (Å²) in [6.07, 6.45) is 0. The molecule has 5 nitrogen and oxygen atoms in total. The van der Waals surface area contributed by atoms with Crippen molar-refractivity contribution in [3.05, 3.63) is 58.6 Å². The first-order chi connectivity index (χ1) is 12.1. The Morgan fingerprint density at radius 1 is 1.12 bits per heavy atom. The lowest BCUT2D eigenvalue weighted by Gasteiger charge is -2.06. The third-order valence-corrected chi connectivity index (χ3v) is 5.07. The average Bonchev–Trinajstić information content (AvgIpc) is 3.10. The monoisotopic (exact) mass is 350 g/mol. The number of rotatable bonds is 3. The number of hydrogen-bond acceptors (Lipinski definition) is 5. The second kappa shape index (κ2) is 5.51. The summed E-state index contributed by atoms with van der Waals surface area (Å²) in [5.41, 5.74) is -0.394. The van der Waals surface area contributed by atoms with E-state index >= 15 is 0 Å². The predicted molar refractivity (Wildman–Crippen MR) is 88.2 cm³/mol. The minimum Gasteiger partial charge on any atom is -0.454 e. The summed E-state index contributed by atoms with van der Waals surface area (Å²) >= 11 is 6.33. The topological polar surface area (TPSA) is 83.1 Å². The predicted octanol–water partition coefficient (Wildman–Crippen LogP) is 3.70. The van der Waals surface area contributed by atoms with E-state index in [-0.39, 0.29) is 12.6 Å². The zero-order valence-electron chi connectivity index (χ0n) is 12.9. The minimum atomic E-state index is -1.43. The highest BCUT2D eigenvalue weighted by molar-refractivity contribution is 6.31. The van der Waals surface area contributed by atoms with Crippen LogP contribution in [-0.2, 0) is 0 Å². The lowest BCUT2D eigenvalue weighted by Crippen LogP contribution is -2.08. The van der Waals surface area contributed by atoms with E-state index in [0.29, 0.717) is 27.6 Å². The molecule has 0 bridgehead atoms. The van der Waals surface area contributed by atoms with Crippen molar-refractivity contribution in [3.8, 4) is 23.6 Å². The molecule has 2 aromatic rings. The number of benzene rings is 2. The van der Waals surface area contributed by atoms with E-state index in [1.54, 1.807) is 42.5 Å². The van der Waals surface area contributed by atoms with Crippen molar-refractivity contribution in [2.24, 2.45) is 11.3 Å². The molecule has 6 heteroatoms. The van der Waals surface area contributed by atoms with E-state index in [2.05, 4.69) is 0 Å². The molecule has 0 spiro atoms. The molecule has 1 fully saturated rings. The van der Waals surface area contributed by atoms with Crippen LogP contribution in [0.2, 0.25) is 5.02 Å². The average molecular weight is 351 g/mol. The normalized spacial score (nSPS) is 21.9. The van der Waals surface area contributed by atoms with Crippen molar-refractivity contribution in [2.75, 3.05) is 6.79 Å². The van der Waals surface area contributed by atoms with Gasteiger partial charge in [-0.2, -0.15) is 10.5 Å². The molecule has 1 unspecified atom stereocenters. The highest BCUT2D eigenvalue weighted by Gasteiger charge is 2.71. The van der Waals surface area contributed by atoms with Gasteiger partial charge in [0.05, 0.1) is 18.1 Å². The highest BCUT2D eigenvalue weighted by Crippen LogP contribution is 2.66. The van der Waals surface area contributed by atoms with Crippen LogP contribution < -0.4 is 9.47 Å². The Hall–Kier alpha value is -3.02. The number of fused-ring (bicyclic) bond motifs is 1. The van der Waals surface area contributed by atoms with Gasteiger partial charge in [-0.25, -0.2) is 0 Å². The molecule has 0 amide bonds. The number of ether oxygens (including phenoxy) is 2.